The monoisotopic (exact) mass is 219 g/mol. The van der Waals surface area contributed by atoms with Crippen LogP contribution in [0.25, 0.3) is 10.6 Å². The van der Waals surface area contributed by atoms with Gasteiger partial charge in [0.15, 0.2) is 5.78 Å². The summed E-state index contributed by atoms with van der Waals surface area (Å²) in [6.07, 6.45) is 1.54. The molecule has 0 atom stereocenters. The number of carbonyl (C=O) groups is 1. The van der Waals surface area contributed by atoms with Crippen molar-refractivity contribution in [1.29, 1.82) is 0 Å². The summed E-state index contributed by atoms with van der Waals surface area (Å²) in [5.74, 6) is 0.177. The van der Waals surface area contributed by atoms with Gasteiger partial charge in [-0.25, -0.2) is 4.98 Å². The maximum atomic E-state index is 11.1. The first-order valence-electron chi connectivity index (χ1n) is 4.43. The zero-order valence-electron chi connectivity index (χ0n) is 8.10. The van der Waals surface area contributed by atoms with Gasteiger partial charge in [-0.3, -0.25) is 4.79 Å². The molecule has 4 heteroatoms. The Morgan fingerprint density at radius 3 is 2.73 bits per heavy atom. The van der Waals surface area contributed by atoms with Gasteiger partial charge < -0.3 is 5.11 Å². The van der Waals surface area contributed by atoms with Gasteiger partial charge in [0.25, 0.3) is 0 Å². The minimum Gasteiger partial charge on any atom is -0.507 e. The quantitative estimate of drug-likeness (QED) is 0.790. The van der Waals surface area contributed by atoms with Gasteiger partial charge in [-0.2, -0.15) is 0 Å². The van der Waals surface area contributed by atoms with Crippen molar-refractivity contribution in [2.24, 2.45) is 0 Å². The van der Waals surface area contributed by atoms with E-state index in [1.807, 2.05) is 6.07 Å². The van der Waals surface area contributed by atoms with E-state index in [4.69, 9.17) is 0 Å². The molecule has 0 aliphatic carbocycles. The molecule has 0 aliphatic heterocycles. The van der Waals surface area contributed by atoms with Gasteiger partial charge >= 0.3 is 0 Å². The molecule has 0 fully saturated rings. The summed E-state index contributed by atoms with van der Waals surface area (Å²) >= 11 is 1.29. The number of hydrogen-bond donors (Lipinski definition) is 1. The van der Waals surface area contributed by atoms with Crippen LogP contribution in [0.15, 0.2) is 30.5 Å². The molecular formula is C11H9NO2S. The highest BCUT2D eigenvalue weighted by Gasteiger charge is 2.10. The van der Waals surface area contributed by atoms with E-state index in [2.05, 4.69) is 4.98 Å². The van der Waals surface area contributed by atoms with Gasteiger partial charge in [-0.05, 0) is 12.1 Å². The van der Waals surface area contributed by atoms with Crippen molar-refractivity contribution >= 4 is 17.1 Å². The minimum atomic E-state index is -0.00540. The van der Waals surface area contributed by atoms with Gasteiger partial charge in [0, 0.05) is 13.1 Å². The highest BCUT2D eigenvalue weighted by Crippen LogP contribution is 2.31. The number of aromatic hydroxyl groups is 1. The van der Waals surface area contributed by atoms with Crippen molar-refractivity contribution < 1.29 is 9.90 Å². The molecule has 1 aromatic heterocycles. The summed E-state index contributed by atoms with van der Waals surface area (Å²) in [7, 11) is 0. The number of aromatic nitrogens is 1. The summed E-state index contributed by atoms with van der Waals surface area (Å²) < 4.78 is 0. The Morgan fingerprint density at radius 2 is 2.13 bits per heavy atom. The van der Waals surface area contributed by atoms with E-state index in [1.165, 1.54) is 24.5 Å². The van der Waals surface area contributed by atoms with E-state index >= 15 is 0 Å². The lowest BCUT2D eigenvalue weighted by atomic mass is 10.2. The van der Waals surface area contributed by atoms with Crippen LogP contribution in [0, 0.1) is 0 Å². The van der Waals surface area contributed by atoms with Gasteiger partial charge in [-0.1, -0.05) is 12.1 Å². The lowest BCUT2D eigenvalue weighted by Crippen LogP contribution is -1.83. The predicted molar refractivity (Wildman–Crippen MR) is 59.2 cm³/mol. The van der Waals surface area contributed by atoms with Crippen molar-refractivity contribution in [3.05, 3.63) is 35.3 Å². The van der Waals surface area contributed by atoms with Crippen LogP contribution in [0.3, 0.4) is 0 Å². The van der Waals surface area contributed by atoms with Crippen LogP contribution in [0.4, 0.5) is 0 Å². The molecule has 3 nitrogen and oxygen atoms in total. The summed E-state index contributed by atoms with van der Waals surface area (Å²) in [5.41, 5.74) is 0.662. The van der Waals surface area contributed by atoms with E-state index in [9.17, 15) is 9.90 Å². The van der Waals surface area contributed by atoms with E-state index in [-0.39, 0.29) is 11.5 Å². The van der Waals surface area contributed by atoms with Crippen molar-refractivity contribution in [3.63, 3.8) is 0 Å². The molecule has 1 heterocycles. The molecule has 2 rings (SSSR count). The number of benzene rings is 1. The molecule has 1 N–H and O–H groups in total. The van der Waals surface area contributed by atoms with Crippen LogP contribution in [0.2, 0.25) is 0 Å². The summed E-state index contributed by atoms with van der Waals surface area (Å²) in [6, 6.07) is 6.95. The van der Waals surface area contributed by atoms with Gasteiger partial charge in [0.05, 0.1) is 10.4 Å². The maximum absolute atomic E-state index is 11.1. The molecule has 0 saturated carbocycles. The molecular weight excluding hydrogens is 210 g/mol. The van der Waals surface area contributed by atoms with Crippen molar-refractivity contribution in [3.8, 4) is 16.3 Å². The summed E-state index contributed by atoms with van der Waals surface area (Å²) in [5, 5.41) is 10.3. The first-order chi connectivity index (χ1) is 7.18. The number of Topliss-reactive ketones (excluding diaryl/α,β-unsaturated/α-hetero) is 1. The average molecular weight is 219 g/mol. The lowest BCUT2D eigenvalue weighted by molar-refractivity contribution is 0.102. The van der Waals surface area contributed by atoms with Crippen LogP contribution >= 0.6 is 11.3 Å². The Kier molecular flexibility index (Phi) is 2.51. The molecule has 0 saturated heterocycles. The fourth-order valence-corrected chi connectivity index (χ4v) is 2.06. The van der Waals surface area contributed by atoms with E-state index < -0.39 is 0 Å². The highest BCUT2D eigenvalue weighted by molar-refractivity contribution is 7.16. The minimum absolute atomic E-state index is 0.00540. The van der Waals surface area contributed by atoms with Crippen LogP contribution in [0.1, 0.15) is 16.6 Å². The third-order valence-electron chi connectivity index (χ3n) is 1.99. The smallest absolute Gasteiger partial charge is 0.171 e. The summed E-state index contributed by atoms with van der Waals surface area (Å²) in [6.45, 7) is 1.50. The van der Waals surface area contributed by atoms with Crippen LogP contribution in [-0.2, 0) is 0 Å². The van der Waals surface area contributed by atoms with Gasteiger partial charge in [-0.15, -0.1) is 11.3 Å². The molecule has 0 bridgehead atoms. The Hall–Kier alpha value is -1.68. The van der Waals surface area contributed by atoms with E-state index in [0.29, 0.717) is 15.4 Å². The van der Waals surface area contributed by atoms with Crippen LogP contribution in [-0.4, -0.2) is 15.9 Å². The number of carbonyl (C=O) groups excluding carboxylic acids is 1. The van der Waals surface area contributed by atoms with Gasteiger partial charge in [0.1, 0.15) is 10.8 Å². The number of hydrogen-bond acceptors (Lipinski definition) is 4. The van der Waals surface area contributed by atoms with Crippen LogP contribution < -0.4 is 0 Å². The average Bonchev–Trinajstić information content (AvgIpc) is 2.67. The zero-order chi connectivity index (χ0) is 10.8. The SMILES string of the molecule is CC(=O)c1cnc(-c2ccccc2O)s1. The molecule has 0 amide bonds. The first-order valence-corrected chi connectivity index (χ1v) is 5.25. The highest BCUT2D eigenvalue weighted by atomic mass is 32.1. The second-order valence-electron chi connectivity index (χ2n) is 3.10. The Labute approximate surface area is 91.0 Å². The number of nitrogens with zero attached hydrogens (tertiary/aromatic N) is 1. The Morgan fingerprint density at radius 1 is 1.40 bits per heavy atom. The fourth-order valence-electron chi connectivity index (χ4n) is 1.22. The maximum Gasteiger partial charge on any atom is 0.171 e. The van der Waals surface area contributed by atoms with E-state index in [1.54, 1.807) is 18.2 Å². The zero-order valence-corrected chi connectivity index (χ0v) is 8.91. The third kappa shape index (κ3) is 1.89. The second kappa shape index (κ2) is 3.82. The lowest BCUT2D eigenvalue weighted by Gasteiger charge is -1.98. The fraction of sp³-hybridized carbons (Fsp3) is 0.0909. The second-order valence-corrected chi connectivity index (χ2v) is 4.13. The summed E-state index contributed by atoms with van der Waals surface area (Å²) in [4.78, 5) is 15.8. The predicted octanol–water partition coefficient (Wildman–Crippen LogP) is 2.72. The van der Waals surface area contributed by atoms with Gasteiger partial charge in [0.2, 0.25) is 0 Å². The number of phenols is 1. The van der Waals surface area contributed by atoms with Crippen molar-refractivity contribution in [1.82, 2.24) is 4.98 Å². The van der Waals surface area contributed by atoms with Crippen LogP contribution in [0.5, 0.6) is 5.75 Å². The van der Waals surface area contributed by atoms with Crippen molar-refractivity contribution in [2.45, 2.75) is 6.92 Å². The van der Waals surface area contributed by atoms with E-state index in [0.717, 1.165) is 0 Å². The number of para-hydroxylation sites is 1. The van der Waals surface area contributed by atoms with Crippen molar-refractivity contribution in [2.75, 3.05) is 0 Å². The normalized spacial score (nSPS) is 10.2. The molecule has 0 spiro atoms. The molecule has 0 radical (unpaired) electrons. The molecule has 76 valence electrons. The first kappa shape index (κ1) is 9.86. The molecule has 1 aromatic carbocycles. The number of ketones is 1. The standard InChI is InChI=1S/C11H9NO2S/c1-7(13)10-6-12-11(15-10)8-4-2-3-5-9(8)14/h2-6,14H,1H3. The Bertz CT molecular complexity index is 505. The number of rotatable bonds is 2. The largest absolute Gasteiger partial charge is 0.507 e. The Balaban J connectivity index is 2.46. The topological polar surface area (TPSA) is 50.2 Å². The molecule has 0 aliphatic rings. The number of phenolic OH excluding ortho intramolecular Hbond substituents is 1. The molecule has 15 heavy (non-hydrogen) atoms. The molecule has 0 unspecified atom stereocenters. The number of thiazole rings is 1. The molecule has 2 aromatic rings. The third-order valence-corrected chi connectivity index (χ3v) is 3.12.